The summed E-state index contributed by atoms with van der Waals surface area (Å²) in [7, 11) is -3.43. The van der Waals surface area contributed by atoms with Crippen LogP contribution in [0.15, 0.2) is 24.3 Å². The minimum Gasteiger partial charge on any atom is -0.480 e. The maximum absolute atomic E-state index is 11.5. The minimum absolute atomic E-state index is 0.121. The molecular weight excluding hydrogens is 388 g/mol. The zero-order chi connectivity index (χ0) is 20.1. The van der Waals surface area contributed by atoms with Crippen molar-refractivity contribution in [1.82, 2.24) is 15.0 Å². The first kappa shape index (κ1) is 19.8. The van der Waals surface area contributed by atoms with Crippen molar-refractivity contribution in [1.29, 1.82) is 0 Å². The van der Waals surface area contributed by atoms with Gasteiger partial charge >= 0.3 is 5.97 Å². The lowest BCUT2D eigenvalue weighted by Gasteiger charge is -2.27. The van der Waals surface area contributed by atoms with Gasteiger partial charge in [0.2, 0.25) is 21.9 Å². The maximum Gasteiger partial charge on any atom is 0.322 e. The van der Waals surface area contributed by atoms with Gasteiger partial charge in [0.15, 0.2) is 5.82 Å². The average Bonchev–Trinajstić information content (AvgIpc) is 2.66. The number of carboxylic acids is 1. The van der Waals surface area contributed by atoms with Crippen molar-refractivity contribution < 1.29 is 23.1 Å². The highest BCUT2D eigenvalue weighted by Crippen LogP contribution is 2.23. The van der Waals surface area contributed by atoms with E-state index in [0.29, 0.717) is 49.3 Å². The molecule has 3 N–H and O–H groups in total. The fourth-order valence-corrected chi connectivity index (χ4v) is 3.12. The highest BCUT2D eigenvalue weighted by molar-refractivity contribution is 7.92. The molecule has 3 rings (SSSR count). The summed E-state index contributed by atoms with van der Waals surface area (Å²) in [5.41, 5.74) is 0.928. The number of hydrogen-bond donors (Lipinski definition) is 3. The summed E-state index contributed by atoms with van der Waals surface area (Å²) < 4.78 is 30.7. The van der Waals surface area contributed by atoms with E-state index >= 15 is 0 Å². The zero-order valence-corrected chi connectivity index (χ0v) is 15.9. The molecule has 0 atom stereocenters. The first-order valence-electron chi connectivity index (χ1n) is 8.43. The molecule has 0 aliphatic carbocycles. The topological polar surface area (TPSA) is 147 Å². The van der Waals surface area contributed by atoms with Gasteiger partial charge in [-0.15, -0.1) is 0 Å². The molecule has 0 bridgehead atoms. The monoisotopic (exact) mass is 408 g/mol. The number of aliphatic carboxylic acids is 1. The van der Waals surface area contributed by atoms with Crippen LogP contribution in [0.25, 0.3) is 11.4 Å². The molecule has 2 heterocycles. The molecule has 0 unspecified atom stereocenters. The number of sulfonamides is 1. The molecule has 0 radical (unpaired) electrons. The lowest BCUT2D eigenvalue weighted by molar-refractivity contribution is -0.134. The molecule has 28 heavy (non-hydrogen) atoms. The van der Waals surface area contributed by atoms with Crippen LogP contribution < -0.4 is 14.9 Å². The summed E-state index contributed by atoms with van der Waals surface area (Å²) in [6, 6.07) is 6.61. The van der Waals surface area contributed by atoms with Crippen LogP contribution in [0, 0.1) is 0 Å². The van der Waals surface area contributed by atoms with Crippen LogP contribution in [0.5, 0.6) is 0 Å². The van der Waals surface area contributed by atoms with E-state index in [9.17, 15) is 13.2 Å². The number of rotatable bonds is 7. The Hall–Kier alpha value is -2.99. The van der Waals surface area contributed by atoms with Crippen LogP contribution >= 0.6 is 0 Å². The number of nitrogens with zero attached hydrogens (tertiary/aromatic N) is 4. The van der Waals surface area contributed by atoms with Crippen molar-refractivity contribution in [3.8, 4) is 11.4 Å². The van der Waals surface area contributed by atoms with E-state index in [0.717, 1.165) is 6.26 Å². The smallest absolute Gasteiger partial charge is 0.322 e. The number of anilines is 3. The van der Waals surface area contributed by atoms with Gasteiger partial charge in [-0.25, -0.2) is 8.42 Å². The number of carbonyl (C=O) groups is 1. The molecular formula is C16H20N6O5S. The van der Waals surface area contributed by atoms with E-state index in [-0.39, 0.29) is 12.5 Å². The Labute approximate surface area is 161 Å². The second kappa shape index (κ2) is 8.35. The first-order chi connectivity index (χ1) is 13.3. The average molecular weight is 408 g/mol. The van der Waals surface area contributed by atoms with Crippen molar-refractivity contribution >= 4 is 33.6 Å². The van der Waals surface area contributed by atoms with Gasteiger partial charge in [0.05, 0.1) is 19.5 Å². The number of ether oxygens (including phenoxy) is 1. The van der Waals surface area contributed by atoms with Crippen LogP contribution in [-0.4, -0.2) is 73.5 Å². The molecule has 12 heteroatoms. The molecule has 150 valence electrons. The number of carboxylic acid groups (broad SMARTS) is 1. The quantitative estimate of drug-likeness (QED) is 0.582. The van der Waals surface area contributed by atoms with Crippen LogP contribution in [0.1, 0.15) is 0 Å². The summed E-state index contributed by atoms with van der Waals surface area (Å²) >= 11 is 0. The van der Waals surface area contributed by atoms with E-state index in [1.165, 1.54) is 0 Å². The Bertz CT molecular complexity index is 962. The molecule has 1 fully saturated rings. The molecule has 11 nitrogen and oxygen atoms in total. The molecule has 0 amide bonds. The second-order valence-electron chi connectivity index (χ2n) is 6.08. The third-order valence-corrected chi connectivity index (χ3v) is 4.35. The number of nitrogens with one attached hydrogen (secondary N) is 2. The van der Waals surface area contributed by atoms with Crippen molar-refractivity contribution in [3.63, 3.8) is 0 Å². The van der Waals surface area contributed by atoms with Gasteiger partial charge < -0.3 is 20.1 Å². The van der Waals surface area contributed by atoms with Gasteiger partial charge in [-0.05, 0) is 12.1 Å². The van der Waals surface area contributed by atoms with Crippen molar-refractivity contribution in [3.05, 3.63) is 24.3 Å². The number of hydrogen-bond acceptors (Lipinski definition) is 9. The fourth-order valence-electron chi connectivity index (χ4n) is 2.57. The van der Waals surface area contributed by atoms with Gasteiger partial charge in [-0.3, -0.25) is 9.52 Å². The first-order valence-corrected chi connectivity index (χ1v) is 10.3. The van der Waals surface area contributed by atoms with Gasteiger partial charge in [0.1, 0.15) is 6.54 Å². The molecule has 0 spiro atoms. The van der Waals surface area contributed by atoms with E-state index in [2.05, 4.69) is 25.0 Å². The van der Waals surface area contributed by atoms with Crippen molar-refractivity contribution in [2.75, 3.05) is 54.0 Å². The van der Waals surface area contributed by atoms with E-state index in [4.69, 9.17) is 9.84 Å². The molecule has 1 saturated heterocycles. The number of aromatic nitrogens is 3. The van der Waals surface area contributed by atoms with Crippen LogP contribution in [0.2, 0.25) is 0 Å². The molecule has 0 saturated carbocycles. The summed E-state index contributed by atoms with van der Waals surface area (Å²) in [6.45, 7) is 1.91. The van der Waals surface area contributed by atoms with Crippen molar-refractivity contribution in [2.45, 2.75) is 0 Å². The predicted octanol–water partition coefficient (Wildman–Crippen LogP) is 0.243. The second-order valence-corrected chi connectivity index (χ2v) is 7.83. The SMILES string of the molecule is CS(=O)(=O)Nc1cccc(-c2nc(NCC(=O)O)nc(N3CCOCC3)n2)c1. The Balaban J connectivity index is 1.97. The minimum atomic E-state index is -3.43. The van der Waals surface area contributed by atoms with E-state index < -0.39 is 16.0 Å². The van der Waals surface area contributed by atoms with Crippen LogP contribution in [0.3, 0.4) is 0 Å². The van der Waals surface area contributed by atoms with Crippen LogP contribution in [0.4, 0.5) is 17.6 Å². The zero-order valence-electron chi connectivity index (χ0n) is 15.1. The Morgan fingerprint density at radius 2 is 2.00 bits per heavy atom. The Kier molecular flexibility index (Phi) is 5.90. The summed E-state index contributed by atoms with van der Waals surface area (Å²) in [5, 5.41) is 11.6. The fraction of sp³-hybridized carbons (Fsp3) is 0.375. The number of morpholine rings is 1. The Morgan fingerprint density at radius 3 is 2.68 bits per heavy atom. The number of benzene rings is 1. The summed E-state index contributed by atoms with van der Waals surface area (Å²) in [4.78, 5) is 25.8. The highest BCUT2D eigenvalue weighted by Gasteiger charge is 2.18. The van der Waals surface area contributed by atoms with Gasteiger partial charge in [-0.2, -0.15) is 15.0 Å². The molecule has 1 aliphatic rings. The van der Waals surface area contributed by atoms with E-state index in [1.54, 1.807) is 24.3 Å². The normalized spacial score (nSPS) is 14.5. The van der Waals surface area contributed by atoms with Gasteiger partial charge in [0.25, 0.3) is 0 Å². The van der Waals surface area contributed by atoms with Gasteiger partial charge in [0, 0.05) is 24.3 Å². The van der Waals surface area contributed by atoms with Crippen LogP contribution in [-0.2, 0) is 19.6 Å². The lowest BCUT2D eigenvalue weighted by Crippen LogP contribution is -2.37. The largest absolute Gasteiger partial charge is 0.480 e. The molecule has 1 aliphatic heterocycles. The lowest BCUT2D eigenvalue weighted by atomic mass is 10.2. The summed E-state index contributed by atoms with van der Waals surface area (Å²) in [5.74, 6) is -0.242. The third kappa shape index (κ3) is 5.50. The maximum atomic E-state index is 11.5. The highest BCUT2D eigenvalue weighted by atomic mass is 32.2. The van der Waals surface area contributed by atoms with Gasteiger partial charge in [-0.1, -0.05) is 12.1 Å². The summed E-state index contributed by atoms with van der Waals surface area (Å²) in [6.07, 6.45) is 1.06. The van der Waals surface area contributed by atoms with Crippen molar-refractivity contribution in [2.24, 2.45) is 0 Å². The molecule has 2 aromatic rings. The third-order valence-electron chi connectivity index (χ3n) is 3.74. The predicted molar refractivity (Wildman–Crippen MR) is 103 cm³/mol. The Morgan fingerprint density at radius 1 is 1.25 bits per heavy atom. The standard InChI is InChI=1S/C16H20N6O5S/c1-28(25,26)21-12-4-2-3-11(9-12)14-18-15(17-10-13(23)24)20-16(19-14)22-5-7-27-8-6-22/h2-4,9,21H,5-8,10H2,1H3,(H,23,24)(H,17,18,19,20). The molecule has 1 aromatic carbocycles. The van der Waals surface area contributed by atoms with E-state index in [1.807, 2.05) is 4.90 Å². The molecule has 1 aromatic heterocycles.